The van der Waals surface area contributed by atoms with Gasteiger partial charge in [-0.3, -0.25) is 0 Å². The van der Waals surface area contributed by atoms with E-state index in [1.165, 1.54) is 7.11 Å². The van der Waals surface area contributed by atoms with Gasteiger partial charge in [0.2, 0.25) is 0 Å². The molecule has 2 N–H and O–H groups in total. The minimum atomic E-state index is -1.19. The highest BCUT2D eigenvalue weighted by Gasteiger charge is 2.42. The molecule has 0 radical (unpaired) electrons. The highest BCUT2D eigenvalue weighted by Crippen LogP contribution is 2.30. The Balaban J connectivity index is 3.16. The normalized spacial score (nSPS) is 13.9. The van der Waals surface area contributed by atoms with Gasteiger partial charge in [0.25, 0.3) is 0 Å². The van der Waals surface area contributed by atoms with Crippen LogP contribution in [0.5, 0.6) is 5.75 Å². The van der Waals surface area contributed by atoms with E-state index in [0.717, 1.165) is 0 Å². The number of ether oxygens (including phenoxy) is 2. The first-order valence-electron chi connectivity index (χ1n) is 6.11. The number of hydrogen-bond acceptors (Lipinski definition) is 4. The largest absolute Gasteiger partial charge is 0.495 e. The summed E-state index contributed by atoms with van der Waals surface area (Å²) in [5.41, 5.74) is -0.554. The van der Waals surface area contributed by atoms with Crippen LogP contribution in [-0.2, 0) is 9.53 Å². The monoisotopic (exact) mass is 267 g/mol. The Morgan fingerprint density at radius 1 is 1.37 bits per heavy atom. The van der Waals surface area contributed by atoms with Crippen molar-refractivity contribution in [3.63, 3.8) is 0 Å². The molecule has 0 aromatic heterocycles. The van der Waals surface area contributed by atoms with Crippen molar-refractivity contribution in [1.29, 1.82) is 0 Å². The summed E-state index contributed by atoms with van der Waals surface area (Å²) in [5.74, 6) is -0.505. The van der Waals surface area contributed by atoms with E-state index in [2.05, 4.69) is 5.32 Å². The Kier molecular flexibility index (Phi) is 5.18. The number of benzene rings is 1. The lowest BCUT2D eigenvalue weighted by Gasteiger charge is -2.34. The van der Waals surface area contributed by atoms with Crippen LogP contribution in [0.25, 0.3) is 0 Å². The van der Waals surface area contributed by atoms with Crippen molar-refractivity contribution in [1.82, 2.24) is 0 Å². The zero-order valence-corrected chi connectivity index (χ0v) is 11.8. The molecule has 0 aliphatic carbocycles. The van der Waals surface area contributed by atoms with Crippen LogP contribution in [0.3, 0.4) is 0 Å². The second-order valence-corrected chi connectivity index (χ2v) is 4.69. The SMILES string of the molecule is COCC(Nc1ccccc1OC)(C(=O)O)C(C)C. The van der Waals surface area contributed by atoms with Gasteiger partial charge in [-0.25, -0.2) is 4.79 Å². The number of anilines is 1. The first-order chi connectivity index (χ1) is 8.97. The summed E-state index contributed by atoms with van der Waals surface area (Å²) in [7, 11) is 3.04. The Labute approximate surface area is 113 Å². The van der Waals surface area contributed by atoms with Crippen LogP contribution in [0.15, 0.2) is 24.3 Å². The molecule has 19 heavy (non-hydrogen) atoms. The molecule has 0 aliphatic rings. The lowest BCUT2D eigenvalue weighted by Crippen LogP contribution is -2.54. The maximum absolute atomic E-state index is 11.7. The van der Waals surface area contributed by atoms with Crippen LogP contribution >= 0.6 is 0 Å². The summed E-state index contributed by atoms with van der Waals surface area (Å²) < 4.78 is 10.3. The third-order valence-corrected chi connectivity index (χ3v) is 3.20. The van der Waals surface area contributed by atoms with E-state index in [9.17, 15) is 9.90 Å². The number of hydrogen-bond donors (Lipinski definition) is 2. The van der Waals surface area contributed by atoms with Crippen molar-refractivity contribution in [2.45, 2.75) is 19.4 Å². The second-order valence-electron chi connectivity index (χ2n) is 4.69. The summed E-state index contributed by atoms with van der Waals surface area (Å²) >= 11 is 0. The topological polar surface area (TPSA) is 67.8 Å². The van der Waals surface area contributed by atoms with Crippen molar-refractivity contribution in [2.24, 2.45) is 5.92 Å². The fraction of sp³-hybridized carbons (Fsp3) is 0.500. The number of nitrogens with one attached hydrogen (secondary N) is 1. The molecule has 0 bridgehead atoms. The first kappa shape index (κ1) is 15.3. The maximum Gasteiger partial charge on any atom is 0.332 e. The summed E-state index contributed by atoms with van der Waals surface area (Å²) in [4.78, 5) is 11.7. The Morgan fingerprint density at radius 2 is 2.00 bits per heavy atom. The van der Waals surface area contributed by atoms with E-state index in [-0.39, 0.29) is 12.5 Å². The molecule has 1 aromatic carbocycles. The van der Waals surface area contributed by atoms with Gasteiger partial charge in [0.05, 0.1) is 19.4 Å². The van der Waals surface area contributed by atoms with Crippen molar-refractivity contribution < 1.29 is 19.4 Å². The van der Waals surface area contributed by atoms with Gasteiger partial charge in [-0.2, -0.15) is 0 Å². The number of carbonyl (C=O) groups is 1. The first-order valence-corrected chi connectivity index (χ1v) is 6.11. The third-order valence-electron chi connectivity index (χ3n) is 3.20. The fourth-order valence-electron chi connectivity index (χ4n) is 1.93. The number of carboxylic acid groups (broad SMARTS) is 1. The predicted octanol–water partition coefficient (Wildman–Crippen LogP) is 2.23. The van der Waals surface area contributed by atoms with Crippen molar-refractivity contribution in [3.05, 3.63) is 24.3 Å². The van der Waals surface area contributed by atoms with Gasteiger partial charge in [0.1, 0.15) is 5.75 Å². The average Bonchev–Trinajstić information content (AvgIpc) is 2.38. The minimum absolute atomic E-state index is 0.0675. The van der Waals surface area contributed by atoms with Gasteiger partial charge >= 0.3 is 5.97 Å². The molecule has 106 valence electrons. The van der Waals surface area contributed by atoms with Crippen LogP contribution in [0.2, 0.25) is 0 Å². The lowest BCUT2D eigenvalue weighted by molar-refractivity contribution is -0.146. The van der Waals surface area contributed by atoms with Crippen LogP contribution in [0.1, 0.15) is 13.8 Å². The molecular weight excluding hydrogens is 246 g/mol. The summed E-state index contributed by atoms with van der Waals surface area (Å²) in [5, 5.41) is 12.6. The summed E-state index contributed by atoms with van der Waals surface area (Å²) in [6, 6.07) is 7.22. The molecule has 0 amide bonds. The average molecular weight is 267 g/mol. The number of rotatable bonds is 7. The van der Waals surface area contributed by atoms with Crippen LogP contribution in [0, 0.1) is 5.92 Å². The van der Waals surface area contributed by atoms with Gasteiger partial charge in [-0.1, -0.05) is 26.0 Å². The van der Waals surface area contributed by atoms with E-state index in [1.807, 2.05) is 26.0 Å². The van der Waals surface area contributed by atoms with E-state index in [4.69, 9.17) is 9.47 Å². The molecule has 0 spiro atoms. The smallest absolute Gasteiger partial charge is 0.332 e. The standard InChI is InChI=1S/C14H21NO4/c1-10(2)14(9-18-3,13(16)17)15-11-7-5-6-8-12(11)19-4/h5-8,10,15H,9H2,1-4H3,(H,16,17). The molecule has 0 heterocycles. The predicted molar refractivity (Wildman–Crippen MR) is 73.7 cm³/mol. The maximum atomic E-state index is 11.7. The van der Waals surface area contributed by atoms with E-state index in [1.54, 1.807) is 19.2 Å². The van der Waals surface area contributed by atoms with Gasteiger partial charge in [-0.15, -0.1) is 0 Å². The molecule has 5 nitrogen and oxygen atoms in total. The minimum Gasteiger partial charge on any atom is -0.495 e. The van der Waals surface area contributed by atoms with Crippen molar-refractivity contribution in [3.8, 4) is 5.75 Å². The van der Waals surface area contributed by atoms with E-state index < -0.39 is 11.5 Å². The number of carboxylic acids is 1. The Hall–Kier alpha value is -1.75. The lowest BCUT2D eigenvalue weighted by atomic mass is 9.86. The molecule has 0 saturated carbocycles. The molecule has 0 saturated heterocycles. The van der Waals surface area contributed by atoms with Crippen molar-refractivity contribution in [2.75, 3.05) is 26.1 Å². The molecule has 0 aliphatic heterocycles. The van der Waals surface area contributed by atoms with E-state index >= 15 is 0 Å². The fourth-order valence-corrected chi connectivity index (χ4v) is 1.93. The summed E-state index contributed by atoms with van der Waals surface area (Å²) in [6.07, 6.45) is 0. The molecule has 1 atom stereocenters. The molecule has 1 rings (SSSR count). The summed E-state index contributed by atoms with van der Waals surface area (Å²) in [6.45, 7) is 3.75. The second kappa shape index (κ2) is 6.43. The van der Waals surface area contributed by atoms with Gasteiger partial charge < -0.3 is 19.9 Å². The van der Waals surface area contributed by atoms with Crippen LogP contribution in [0.4, 0.5) is 5.69 Å². The van der Waals surface area contributed by atoms with Gasteiger partial charge in [0.15, 0.2) is 5.54 Å². The number of para-hydroxylation sites is 2. The molecule has 0 fully saturated rings. The third kappa shape index (κ3) is 3.17. The van der Waals surface area contributed by atoms with Crippen molar-refractivity contribution >= 4 is 11.7 Å². The Bertz CT molecular complexity index is 433. The molecule has 1 unspecified atom stereocenters. The number of methoxy groups -OCH3 is 2. The highest BCUT2D eigenvalue weighted by molar-refractivity contribution is 5.84. The van der Waals surface area contributed by atoms with Crippen LogP contribution in [-0.4, -0.2) is 37.4 Å². The molecule has 5 heteroatoms. The zero-order valence-electron chi connectivity index (χ0n) is 11.8. The van der Waals surface area contributed by atoms with Gasteiger partial charge in [-0.05, 0) is 18.1 Å². The molecular formula is C14H21NO4. The zero-order chi connectivity index (χ0) is 14.5. The quantitative estimate of drug-likeness (QED) is 0.793. The Morgan fingerprint density at radius 3 is 2.47 bits per heavy atom. The highest BCUT2D eigenvalue weighted by atomic mass is 16.5. The van der Waals surface area contributed by atoms with Gasteiger partial charge in [0, 0.05) is 7.11 Å². The van der Waals surface area contributed by atoms with E-state index in [0.29, 0.717) is 11.4 Å². The van der Waals surface area contributed by atoms with Crippen LogP contribution < -0.4 is 10.1 Å². The number of aliphatic carboxylic acids is 1. The molecule has 1 aromatic rings.